The first-order chi connectivity index (χ1) is 15.6. The number of rotatable bonds is 4. The predicted octanol–water partition coefficient (Wildman–Crippen LogP) is 2.44. The number of aryl methyl sites for hydroxylation is 1. The van der Waals surface area contributed by atoms with Crippen molar-refractivity contribution in [3.05, 3.63) is 53.4 Å². The van der Waals surface area contributed by atoms with E-state index in [2.05, 4.69) is 9.97 Å². The highest BCUT2D eigenvalue weighted by Crippen LogP contribution is 2.45. The number of H-pyrrole nitrogens is 1. The summed E-state index contributed by atoms with van der Waals surface area (Å²) in [6, 6.07) is 3.64. The molecule has 7 nitrogen and oxygen atoms in total. The Morgan fingerprint density at radius 1 is 1.30 bits per heavy atom. The molecule has 1 aliphatic heterocycles. The third-order valence-electron chi connectivity index (χ3n) is 6.84. The quantitative estimate of drug-likeness (QED) is 0.479. The molecule has 0 spiro atoms. The van der Waals surface area contributed by atoms with Crippen LogP contribution in [0.3, 0.4) is 0 Å². The normalized spacial score (nSPS) is 24.3. The lowest BCUT2D eigenvalue weighted by Gasteiger charge is -2.49. The zero-order valence-electron chi connectivity index (χ0n) is 18.8. The van der Waals surface area contributed by atoms with E-state index in [-0.39, 0.29) is 24.0 Å². The van der Waals surface area contributed by atoms with Gasteiger partial charge in [0, 0.05) is 42.9 Å². The molecule has 1 aromatic carbocycles. The summed E-state index contributed by atoms with van der Waals surface area (Å²) >= 11 is 0. The Labute approximate surface area is 190 Å². The van der Waals surface area contributed by atoms with Crippen molar-refractivity contribution in [1.29, 1.82) is 0 Å². The molecule has 1 fully saturated rings. The van der Waals surface area contributed by atoms with Crippen LogP contribution in [0, 0.1) is 30.4 Å². The molecule has 2 aromatic heterocycles. The number of carbonyl (C=O) groups excluding carboxylic acids is 1. The Kier molecular flexibility index (Phi) is 5.98. The maximum Gasteiger partial charge on any atom is 0.241 e. The van der Waals surface area contributed by atoms with E-state index in [0.717, 1.165) is 0 Å². The van der Waals surface area contributed by atoms with E-state index in [1.54, 1.807) is 32.9 Å². The van der Waals surface area contributed by atoms with E-state index in [1.165, 1.54) is 23.4 Å². The van der Waals surface area contributed by atoms with Crippen LogP contribution in [0.4, 0.5) is 8.78 Å². The van der Waals surface area contributed by atoms with Gasteiger partial charge in [0.25, 0.3) is 0 Å². The van der Waals surface area contributed by atoms with Crippen molar-refractivity contribution in [3.63, 3.8) is 0 Å². The number of halogens is 2. The van der Waals surface area contributed by atoms with Crippen LogP contribution in [0.2, 0.25) is 0 Å². The summed E-state index contributed by atoms with van der Waals surface area (Å²) in [6.45, 7) is 5.11. The Bertz CT molecular complexity index is 1180. The van der Waals surface area contributed by atoms with Crippen molar-refractivity contribution < 1.29 is 23.8 Å². The number of benzene rings is 1. The number of pyridine rings is 1. The first-order valence-corrected chi connectivity index (χ1v) is 10.9. The van der Waals surface area contributed by atoms with Crippen molar-refractivity contribution in [3.8, 4) is 11.1 Å². The standard InChI is InChI=1S/C24H28F2N4O3/c1-12-6-15(16-4-5-28-22-20(16)18(26)8-29-22)7-17(25)21(12)24(33)13(2)9-30(10-14(24)3)23(32)19(27)11-31/h4-8,13-14,19,31,33H,9-11,27H2,1-3H3,(H,28,29)/t13-,14?,19+,24?/m0/s1. The van der Waals surface area contributed by atoms with Gasteiger partial charge in [-0.05, 0) is 35.7 Å². The zero-order valence-corrected chi connectivity index (χ0v) is 18.8. The van der Waals surface area contributed by atoms with Gasteiger partial charge in [0.2, 0.25) is 5.91 Å². The molecule has 0 aliphatic carbocycles. The van der Waals surface area contributed by atoms with Gasteiger partial charge < -0.3 is 25.8 Å². The number of hydrogen-bond donors (Lipinski definition) is 4. The largest absolute Gasteiger partial charge is 0.394 e. The second-order valence-corrected chi connectivity index (χ2v) is 9.03. The molecule has 1 aliphatic rings. The number of amides is 1. The molecule has 3 aromatic rings. The molecular weight excluding hydrogens is 430 g/mol. The van der Waals surface area contributed by atoms with Crippen molar-refractivity contribution >= 4 is 16.9 Å². The van der Waals surface area contributed by atoms with Crippen LogP contribution in [0.15, 0.2) is 30.6 Å². The van der Waals surface area contributed by atoms with Gasteiger partial charge in [-0.15, -0.1) is 0 Å². The number of aromatic amines is 1. The molecule has 9 heteroatoms. The second-order valence-electron chi connectivity index (χ2n) is 9.03. The van der Waals surface area contributed by atoms with Crippen LogP contribution in [0.25, 0.3) is 22.2 Å². The summed E-state index contributed by atoms with van der Waals surface area (Å²) in [7, 11) is 0. The van der Waals surface area contributed by atoms with Crippen molar-refractivity contribution in [2.24, 2.45) is 17.6 Å². The fraction of sp³-hybridized carbons (Fsp3) is 0.417. The smallest absolute Gasteiger partial charge is 0.241 e. The number of nitrogens with one attached hydrogen (secondary N) is 1. The molecular formula is C24H28F2N4O3. The van der Waals surface area contributed by atoms with Gasteiger partial charge in [-0.1, -0.05) is 19.9 Å². The van der Waals surface area contributed by atoms with E-state index in [0.29, 0.717) is 22.3 Å². The molecule has 4 rings (SSSR count). The minimum Gasteiger partial charge on any atom is -0.394 e. The Morgan fingerprint density at radius 3 is 2.58 bits per heavy atom. The van der Waals surface area contributed by atoms with Gasteiger partial charge in [0.15, 0.2) is 5.82 Å². The molecule has 0 saturated carbocycles. The number of aromatic nitrogens is 2. The van der Waals surface area contributed by atoms with Gasteiger partial charge in [-0.25, -0.2) is 13.8 Å². The minimum atomic E-state index is -1.53. The topological polar surface area (TPSA) is 115 Å². The number of aliphatic hydroxyl groups is 2. The summed E-state index contributed by atoms with van der Waals surface area (Å²) in [4.78, 5) is 20.8. The first-order valence-electron chi connectivity index (χ1n) is 10.9. The third-order valence-corrected chi connectivity index (χ3v) is 6.84. The lowest BCUT2D eigenvalue weighted by atomic mass is 9.69. The average molecular weight is 459 g/mol. The summed E-state index contributed by atoms with van der Waals surface area (Å²) in [5.41, 5.74) is 6.19. The average Bonchev–Trinajstić information content (AvgIpc) is 3.16. The number of piperidine rings is 1. The van der Waals surface area contributed by atoms with Crippen molar-refractivity contribution in [2.75, 3.05) is 19.7 Å². The third kappa shape index (κ3) is 3.70. The molecule has 2 unspecified atom stereocenters. The molecule has 1 saturated heterocycles. The van der Waals surface area contributed by atoms with Crippen LogP contribution in [-0.2, 0) is 10.4 Å². The predicted molar refractivity (Wildman–Crippen MR) is 120 cm³/mol. The number of aliphatic hydroxyl groups excluding tert-OH is 1. The molecule has 3 heterocycles. The van der Waals surface area contributed by atoms with Gasteiger partial charge in [-0.3, -0.25) is 4.79 Å². The molecule has 0 radical (unpaired) electrons. The lowest BCUT2D eigenvalue weighted by molar-refractivity contribution is -0.151. The summed E-state index contributed by atoms with van der Waals surface area (Å²) in [5, 5.41) is 21.2. The highest BCUT2D eigenvalue weighted by molar-refractivity contribution is 5.93. The highest BCUT2D eigenvalue weighted by Gasteiger charge is 2.49. The highest BCUT2D eigenvalue weighted by atomic mass is 19.1. The van der Waals surface area contributed by atoms with E-state index < -0.39 is 47.6 Å². The minimum absolute atomic E-state index is 0.171. The van der Waals surface area contributed by atoms with Gasteiger partial charge >= 0.3 is 0 Å². The molecule has 176 valence electrons. The first kappa shape index (κ1) is 23.3. The number of nitrogens with two attached hydrogens (primary N) is 1. The van der Waals surface area contributed by atoms with Gasteiger partial charge in [0.05, 0.1) is 12.0 Å². The van der Waals surface area contributed by atoms with Crippen LogP contribution >= 0.6 is 0 Å². The van der Waals surface area contributed by atoms with E-state index in [1.807, 2.05) is 0 Å². The van der Waals surface area contributed by atoms with E-state index in [4.69, 9.17) is 5.73 Å². The summed E-state index contributed by atoms with van der Waals surface area (Å²) in [5.74, 6) is -2.47. The van der Waals surface area contributed by atoms with Gasteiger partial charge in [-0.2, -0.15) is 0 Å². The maximum absolute atomic E-state index is 15.6. The van der Waals surface area contributed by atoms with Gasteiger partial charge in [0.1, 0.15) is 23.1 Å². The number of hydrogen-bond acceptors (Lipinski definition) is 5. The maximum atomic E-state index is 15.6. The summed E-state index contributed by atoms with van der Waals surface area (Å²) in [6.07, 6.45) is 2.73. The molecule has 33 heavy (non-hydrogen) atoms. The van der Waals surface area contributed by atoms with Crippen molar-refractivity contribution in [2.45, 2.75) is 32.4 Å². The number of nitrogens with zero attached hydrogens (tertiary/aromatic N) is 2. The van der Waals surface area contributed by atoms with Crippen LogP contribution in [0.5, 0.6) is 0 Å². The van der Waals surface area contributed by atoms with Crippen LogP contribution < -0.4 is 5.73 Å². The van der Waals surface area contributed by atoms with E-state index in [9.17, 15) is 19.4 Å². The molecule has 0 bridgehead atoms. The van der Waals surface area contributed by atoms with Crippen molar-refractivity contribution in [1.82, 2.24) is 14.9 Å². The Balaban J connectivity index is 1.74. The monoisotopic (exact) mass is 458 g/mol. The Hall–Kier alpha value is -2.88. The van der Waals surface area contributed by atoms with Crippen LogP contribution in [-0.4, -0.2) is 56.7 Å². The van der Waals surface area contributed by atoms with E-state index >= 15 is 4.39 Å². The Morgan fingerprint density at radius 2 is 1.97 bits per heavy atom. The molecule has 4 atom stereocenters. The molecule has 1 amide bonds. The zero-order chi connectivity index (χ0) is 24.1. The molecule has 5 N–H and O–H groups in total. The fourth-order valence-electron chi connectivity index (χ4n) is 5.15. The second kappa shape index (κ2) is 8.48. The number of likely N-dealkylation sites (tertiary alicyclic amines) is 1. The number of carbonyl (C=O) groups is 1. The van der Waals surface area contributed by atoms with Crippen LogP contribution in [0.1, 0.15) is 25.0 Å². The summed E-state index contributed by atoms with van der Waals surface area (Å²) < 4.78 is 30.0. The SMILES string of the molecule is Cc1cc(-c2ccnc3[nH]cc(F)c23)cc(F)c1C1(O)C(C)CN(C(=O)[C@H](N)CO)C[C@@H]1C. The fourth-order valence-corrected chi connectivity index (χ4v) is 5.15. The lowest BCUT2D eigenvalue weighted by Crippen LogP contribution is -2.59. The number of fused-ring (bicyclic) bond motifs is 1.